The predicted octanol–water partition coefficient (Wildman–Crippen LogP) is 2.04. The van der Waals surface area contributed by atoms with E-state index in [9.17, 15) is 5.11 Å². The third-order valence-electron chi connectivity index (χ3n) is 1.32. The van der Waals surface area contributed by atoms with Gasteiger partial charge in [-0.2, -0.15) is 9.97 Å². The van der Waals surface area contributed by atoms with Crippen LogP contribution in [-0.2, 0) is 0 Å². The number of nitrogens with zero attached hydrogens (tertiary/aromatic N) is 2. The van der Waals surface area contributed by atoms with Crippen LogP contribution in [0.15, 0.2) is 4.47 Å². The molecule has 5 heteroatoms. The molecule has 4 nitrogen and oxygen atoms in total. The highest BCUT2D eigenvalue weighted by atomic mass is 79.9. The predicted molar refractivity (Wildman–Crippen MR) is 51.9 cm³/mol. The molecule has 0 atom stereocenters. The Hall–Kier alpha value is -0.840. The average Bonchev–Trinajstić information content (AvgIpc) is 1.98. The lowest BCUT2D eigenvalue weighted by molar-refractivity contribution is 0.218. The summed E-state index contributed by atoms with van der Waals surface area (Å²) in [5.74, 6) is -0.0943. The van der Waals surface area contributed by atoms with Crippen LogP contribution >= 0.6 is 15.9 Å². The molecule has 0 aliphatic carbocycles. The van der Waals surface area contributed by atoms with Crippen molar-refractivity contribution in [2.24, 2.45) is 0 Å². The molecule has 0 spiro atoms. The standard InChI is InChI=1S/C8H11BrN2O2/c1-4(2)13-8-10-5(3)6(9)7(12)11-8/h4H,1-3H3,(H,10,11,12). The van der Waals surface area contributed by atoms with Gasteiger partial charge >= 0.3 is 6.01 Å². The van der Waals surface area contributed by atoms with Gasteiger partial charge in [0, 0.05) is 0 Å². The molecule has 0 aliphatic rings. The second-order valence-electron chi connectivity index (χ2n) is 2.90. The van der Waals surface area contributed by atoms with Gasteiger partial charge in [-0.25, -0.2) is 0 Å². The first-order valence-electron chi connectivity index (χ1n) is 3.90. The zero-order valence-corrected chi connectivity index (χ0v) is 9.29. The summed E-state index contributed by atoms with van der Waals surface area (Å²) < 4.78 is 5.73. The van der Waals surface area contributed by atoms with Crippen molar-refractivity contribution in [2.75, 3.05) is 0 Å². The minimum Gasteiger partial charge on any atom is -0.492 e. The number of rotatable bonds is 2. The zero-order valence-electron chi connectivity index (χ0n) is 7.71. The largest absolute Gasteiger partial charge is 0.492 e. The summed E-state index contributed by atoms with van der Waals surface area (Å²) in [6, 6.07) is 0.202. The maximum Gasteiger partial charge on any atom is 0.320 e. The molecule has 0 aromatic carbocycles. The molecular formula is C8H11BrN2O2. The lowest BCUT2D eigenvalue weighted by atomic mass is 10.4. The maximum atomic E-state index is 9.32. The van der Waals surface area contributed by atoms with Gasteiger partial charge in [0.2, 0.25) is 5.88 Å². The minimum atomic E-state index is -0.0943. The number of aryl methyl sites for hydroxylation is 1. The second-order valence-corrected chi connectivity index (χ2v) is 3.69. The lowest BCUT2D eigenvalue weighted by Crippen LogP contribution is -2.09. The summed E-state index contributed by atoms with van der Waals surface area (Å²) >= 11 is 3.15. The highest BCUT2D eigenvalue weighted by Gasteiger charge is 2.09. The van der Waals surface area contributed by atoms with Gasteiger partial charge in [-0.1, -0.05) is 0 Å². The molecule has 72 valence electrons. The fraction of sp³-hybridized carbons (Fsp3) is 0.500. The van der Waals surface area contributed by atoms with E-state index in [0.717, 1.165) is 0 Å². The van der Waals surface area contributed by atoms with Gasteiger partial charge in [0.1, 0.15) is 4.47 Å². The smallest absolute Gasteiger partial charge is 0.320 e. The number of aromatic hydroxyl groups is 1. The molecule has 13 heavy (non-hydrogen) atoms. The van der Waals surface area contributed by atoms with Gasteiger partial charge in [-0.3, -0.25) is 0 Å². The Kier molecular flexibility index (Phi) is 3.08. The fourth-order valence-electron chi connectivity index (χ4n) is 0.783. The van der Waals surface area contributed by atoms with Crippen LogP contribution in [0.5, 0.6) is 11.9 Å². The third-order valence-corrected chi connectivity index (χ3v) is 2.25. The van der Waals surface area contributed by atoms with Crippen molar-refractivity contribution in [3.63, 3.8) is 0 Å². The first kappa shape index (κ1) is 10.2. The number of halogens is 1. The van der Waals surface area contributed by atoms with Gasteiger partial charge in [-0.05, 0) is 36.7 Å². The molecule has 0 aliphatic heterocycles. The van der Waals surface area contributed by atoms with E-state index < -0.39 is 0 Å². The van der Waals surface area contributed by atoms with E-state index in [1.807, 2.05) is 13.8 Å². The number of ether oxygens (including phenoxy) is 1. The average molecular weight is 247 g/mol. The number of aromatic nitrogens is 2. The van der Waals surface area contributed by atoms with Gasteiger partial charge in [-0.15, -0.1) is 0 Å². The summed E-state index contributed by atoms with van der Waals surface area (Å²) in [6.45, 7) is 5.51. The van der Waals surface area contributed by atoms with Crippen molar-refractivity contribution >= 4 is 15.9 Å². The number of hydrogen-bond donors (Lipinski definition) is 1. The van der Waals surface area contributed by atoms with Crippen LogP contribution in [0.4, 0.5) is 0 Å². The summed E-state index contributed by atoms with van der Waals surface area (Å²) in [6.07, 6.45) is -0.0000227. The summed E-state index contributed by atoms with van der Waals surface area (Å²) in [4.78, 5) is 7.78. The molecule has 1 aromatic heterocycles. The molecule has 1 heterocycles. The normalized spacial score (nSPS) is 10.5. The molecule has 0 amide bonds. The molecule has 0 unspecified atom stereocenters. The molecule has 0 fully saturated rings. The van der Waals surface area contributed by atoms with E-state index in [2.05, 4.69) is 25.9 Å². The molecule has 0 radical (unpaired) electrons. The van der Waals surface area contributed by atoms with E-state index in [4.69, 9.17) is 4.74 Å². The molecule has 1 aromatic rings. The Morgan fingerprint density at radius 2 is 2.00 bits per heavy atom. The Morgan fingerprint density at radius 3 is 2.46 bits per heavy atom. The van der Waals surface area contributed by atoms with E-state index in [0.29, 0.717) is 10.2 Å². The highest BCUT2D eigenvalue weighted by molar-refractivity contribution is 9.10. The van der Waals surface area contributed by atoms with Crippen molar-refractivity contribution in [1.82, 2.24) is 9.97 Å². The minimum absolute atomic E-state index is 0.0000227. The van der Waals surface area contributed by atoms with E-state index in [1.54, 1.807) is 6.92 Å². The van der Waals surface area contributed by atoms with E-state index in [1.165, 1.54) is 0 Å². The molecule has 0 bridgehead atoms. The van der Waals surface area contributed by atoms with Crippen LogP contribution in [0.25, 0.3) is 0 Å². The number of hydrogen-bond acceptors (Lipinski definition) is 4. The van der Waals surface area contributed by atoms with E-state index in [-0.39, 0.29) is 18.0 Å². The van der Waals surface area contributed by atoms with Crippen LogP contribution in [0.2, 0.25) is 0 Å². The molecule has 0 saturated heterocycles. The zero-order chi connectivity index (χ0) is 10.0. The van der Waals surface area contributed by atoms with Gasteiger partial charge in [0.05, 0.1) is 11.8 Å². The van der Waals surface area contributed by atoms with Crippen LogP contribution in [0.3, 0.4) is 0 Å². The van der Waals surface area contributed by atoms with Crippen molar-refractivity contribution in [1.29, 1.82) is 0 Å². The maximum absolute atomic E-state index is 9.32. The Labute approximate surface area is 85.1 Å². The fourth-order valence-corrected chi connectivity index (χ4v) is 0.960. The van der Waals surface area contributed by atoms with Gasteiger partial charge in [0.15, 0.2) is 0 Å². The van der Waals surface area contributed by atoms with Gasteiger partial charge in [0.25, 0.3) is 0 Å². The Morgan fingerprint density at radius 1 is 1.38 bits per heavy atom. The quantitative estimate of drug-likeness (QED) is 0.868. The Balaban J connectivity index is 2.99. The molecule has 1 rings (SSSR count). The van der Waals surface area contributed by atoms with Crippen LogP contribution in [-0.4, -0.2) is 21.2 Å². The summed E-state index contributed by atoms with van der Waals surface area (Å²) in [7, 11) is 0. The third kappa shape index (κ3) is 2.55. The van der Waals surface area contributed by atoms with Crippen LogP contribution in [0.1, 0.15) is 19.5 Å². The molecule has 1 N–H and O–H groups in total. The van der Waals surface area contributed by atoms with Crippen molar-refractivity contribution in [2.45, 2.75) is 26.9 Å². The highest BCUT2D eigenvalue weighted by Crippen LogP contribution is 2.25. The second kappa shape index (κ2) is 3.91. The first-order chi connectivity index (χ1) is 6.00. The van der Waals surface area contributed by atoms with Gasteiger partial charge < -0.3 is 9.84 Å². The first-order valence-corrected chi connectivity index (χ1v) is 4.69. The monoisotopic (exact) mass is 246 g/mol. The topological polar surface area (TPSA) is 55.2 Å². The van der Waals surface area contributed by atoms with Crippen LogP contribution in [0, 0.1) is 6.92 Å². The summed E-state index contributed by atoms with van der Waals surface area (Å²) in [5.41, 5.74) is 0.656. The Bertz CT molecular complexity index is 292. The van der Waals surface area contributed by atoms with Crippen molar-refractivity contribution < 1.29 is 9.84 Å². The van der Waals surface area contributed by atoms with E-state index >= 15 is 0 Å². The summed E-state index contributed by atoms with van der Waals surface area (Å²) in [5, 5.41) is 9.32. The molecule has 0 saturated carbocycles. The molecular weight excluding hydrogens is 236 g/mol. The van der Waals surface area contributed by atoms with Crippen molar-refractivity contribution in [3.05, 3.63) is 10.2 Å². The SMILES string of the molecule is Cc1nc(OC(C)C)nc(O)c1Br. The van der Waals surface area contributed by atoms with Crippen molar-refractivity contribution in [3.8, 4) is 11.9 Å². The van der Waals surface area contributed by atoms with Crippen LogP contribution < -0.4 is 4.74 Å². The lowest BCUT2D eigenvalue weighted by Gasteiger charge is -2.08.